The fourth-order valence-electron chi connectivity index (χ4n) is 1.76. The fourth-order valence-corrected chi connectivity index (χ4v) is 2.98. The zero-order chi connectivity index (χ0) is 15.8. The number of rotatable bonds is 6. The van der Waals surface area contributed by atoms with Crippen molar-refractivity contribution in [3.8, 4) is 0 Å². The van der Waals surface area contributed by atoms with Gasteiger partial charge in [0.05, 0.1) is 0 Å². The molecule has 0 atom stereocenters. The van der Waals surface area contributed by atoms with Gasteiger partial charge in [-0.3, -0.25) is 0 Å². The highest BCUT2D eigenvalue weighted by Gasteiger charge is 1.99. The van der Waals surface area contributed by atoms with Crippen LogP contribution in [0.4, 0.5) is 5.82 Å². The van der Waals surface area contributed by atoms with Crippen molar-refractivity contribution >= 4 is 46.5 Å². The lowest BCUT2D eigenvalue weighted by atomic mass is 10.2. The molecule has 1 aromatic carbocycles. The van der Waals surface area contributed by atoms with E-state index in [9.17, 15) is 0 Å². The predicted octanol–water partition coefficient (Wildman–Crippen LogP) is 4.26. The number of thioether (sulfide) groups is 1. The number of aromatic nitrogens is 1. The summed E-state index contributed by atoms with van der Waals surface area (Å²) in [4.78, 5) is 4.25. The van der Waals surface area contributed by atoms with Gasteiger partial charge in [-0.1, -0.05) is 29.8 Å². The number of nitrogens with one attached hydrogen (secondary N) is 2. The molecule has 0 amide bonds. The molecule has 2 N–H and O–H groups in total. The van der Waals surface area contributed by atoms with E-state index in [2.05, 4.69) is 21.7 Å². The largest absolute Gasteiger partial charge is 0.362 e. The number of anilines is 1. The third-order valence-electron chi connectivity index (χ3n) is 2.84. The molecular formula is C16H18ClN3S2. The molecule has 6 heteroatoms. The monoisotopic (exact) mass is 351 g/mol. The van der Waals surface area contributed by atoms with Gasteiger partial charge >= 0.3 is 0 Å². The van der Waals surface area contributed by atoms with E-state index >= 15 is 0 Å². The minimum absolute atomic E-state index is 0.597. The van der Waals surface area contributed by atoms with Crippen LogP contribution in [-0.4, -0.2) is 22.4 Å². The van der Waals surface area contributed by atoms with E-state index in [4.69, 9.17) is 23.8 Å². The van der Waals surface area contributed by atoms with E-state index in [1.165, 1.54) is 5.56 Å². The van der Waals surface area contributed by atoms with Gasteiger partial charge in [0.15, 0.2) is 5.11 Å². The van der Waals surface area contributed by atoms with Crippen LogP contribution in [-0.2, 0) is 5.75 Å². The maximum Gasteiger partial charge on any atom is 0.171 e. The lowest BCUT2D eigenvalue weighted by Gasteiger charge is -2.10. The van der Waals surface area contributed by atoms with Crippen molar-refractivity contribution in [2.24, 2.45) is 0 Å². The van der Waals surface area contributed by atoms with Crippen LogP contribution in [0, 0.1) is 6.92 Å². The van der Waals surface area contributed by atoms with E-state index in [0.717, 1.165) is 34.5 Å². The third-order valence-corrected chi connectivity index (χ3v) is 4.35. The standard InChI is InChI=1S/C16H18ClN3S2/c1-12-5-6-15(19-10-12)20-16(21)18-7-8-22-11-13-3-2-4-14(17)9-13/h2-6,9-10H,7-8,11H2,1H3,(H2,18,19,20,21). The molecule has 0 unspecified atom stereocenters. The topological polar surface area (TPSA) is 37.0 Å². The van der Waals surface area contributed by atoms with Gasteiger partial charge in [0.2, 0.25) is 0 Å². The fraction of sp³-hybridized carbons (Fsp3) is 0.250. The predicted molar refractivity (Wildman–Crippen MR) is 101 cm³/mol. The molecule has 1 heterocycles. The lowest BCUT2D eigenvalue weighted by Crippen LogP contribution is -2.30. The molecule has 1 aromatic heterocycles. The molecule has 116 valence electrons. The second-order valence-corrected chi connectivity index (χ2v) is 6.73. The van der Waals surface area contributed by atoms with Crippen LogP contribution in [0.2, 0.25) is 5.02 Å². The number of pyridine rings is 1. The zero-order valence-electron chi connectivity index (χ0n) is 12.3. The number of thiocarbonyl (C=S) groups is 1. The molecule has 0 radical (unpaired) electrons. The van der Waals surface area contributed by atoms with Crippen LogP contribution in [0.25, 0.3) is 0 Å². The Morgan fingerprint density at radius 3 is 2.91 bits per heavy atom. The van der Waals surface area contributed by atoms with Crippen LogP contribution in [0.5, 0.6) is 0 Å². The highest BCUT2D eigenvalue weighted by Crippen LogP contribution is 2.16. The number of hydrogen-bond donors (Lipinski definition) is 2. The molecule has 0 bridgehead atoms. The van der Waals surface area contributed by atoms with Crippen molar-refractivity contribution < 1.29 is 0 Å². The van der Waals surface area contributed by atoms with Gasteiger partial charge in [0.25, 0.3) is 0 Å². The van der Waals surface area contributed by atoms with E-state index in [-0.39, 0.29) is 0 Å². The molecule has 22 heavy (non-hydrogen) atoms. The quantitative estimate of drug-likeness (QED) is 0.600. The van der Waals surface area contributed by atoms with Crippen molar-refractivity contribution in [1.82, 2.24) is 10.3 Å². The van der Waals surface area contributed by atoms with Crippen LogP contribution < -0.4 is 10.6 Å². The summed E-state index contributed by atoms with van der Waals surface area (Å²) in [6.07, 6.45) is 1.81. The Labute approximate surface area is 145 Å². The van der Waals surface area contributed by atoms with E-state index in [0.29, 0.717) is 5.11 Å². The summed E-state index contributed by atoms with van der Waals surface area (Å²) in [6.45, 7) is 2.81. The van der Waals surface area contributed by atoms with Crippen LogP contribution in [0.3, 0.4) is 0 Å². The van der Waals surface area contributed by atoms with E-state index in [1.54, 1.807) is 0 Å². The normalized spacial score (nSPS) is 10.3. The minimum atomic E-state index is 0.597. The summed E-state index contributed by atoms with van der Waals surface area (Å²) in [7, 11) is 0. The maximum atomic E-state index is 5.96. The smallest absolute Gasteiger partial charge is 0.171 e. The first kappa shape index (κ1) is 17.1. The van der Waals surface area contributed by atoms with Crippen molar-refractivity contribution in [2.45, 2.75) is 12.7 Å². The Morgan fingerprint density at radius 2 is 2.18 bits per heavy atom. The SMILES string of the molecule is Cc1ccc(NC(=S)NCCSCc2cccc(Cl)c2)nc1. The molecule has 0 aliphatic carbocycles. The van der Waals surface area contributed by atoms with E-state index < -0.39 is 0 Å². The molecule has 0 fully saturated rings. The summed E-state index contributed by atoms with van der Waals surface area (Å²) >= 11 is 13.0. The summed E-state index contributed by atoms with van der Waals surface area (Å²) in [5.41, 5.74) is 2.36. The summed E-state index contributed by atoms with van der Waals surface area (Å²) in [5, 5.41) is 7.63. The van der Waals surface area contributed by atoms with Gasteiger partial charge in [-0.05, 0) is 48.5 Å². The van der Waals surface area contributed by atoms with Gasteiger partial charge < -0.3 is 10.6 Å². The average Bonchev–Trinajstić information content (AvgIpc) is 2.49. The van der Waals surface area contributed by atoms with Crippen LogP contribution in [0.1, 0.15) is 11.1 Å². The van der Waals surface area contributed by atoms with Crippen LogP contribution in [0.15, 0.2) is 42.6 Å². The highest BCUT2D eigenvalue weighted by molar-refractivity contribution is 7.98. The Balaban J connectivity index is 1.62. The molecule has 0 aliphatic heterocycles. The molecular weight excluding hydrogens is 334 g/mol. The average molecular weight is 352 g/mol. The number of halogens is 1. The molecule has 0 saturated heterocycles. The van der Waals surface area contributed by atoms with Gasteiger partial charge in [0.1, 0.15) is 5.82 Å². The first-order chi connectivity index (χ1) is 10.6. The van der Waals surface area contributed by atoms with E-state index in [1.807, 2.05) is 55.2 Å². The zero-order valence-corrected chi connectivity index (χ0v) is 14.7. The first-order valence-electron chi connectivity index (χ1n) is 6.93. The Kier molecular flexibility index (Phi) is 6.96. The second-order valence-electron chi connectivity index (χ2n) is 4.78. The van der Waals surface area contributed by atoms with Crippen molar-refractivity contribution in [3.05, 3.63) is 58.7 Å². The second kappa shape index (κ2) is 8.98. The first-order valence-corrected chi connectivity index (χ1v) is 8.87. The summed E-state index contributed by atoms with van der Waals surface area (Å²) in [5.74, 6) is 2.67. The third kappa shape index (κ3) is 6.22. The summed E-state index contributed by atoms with van der Waals surface area (Å²) in [6, 6.07) is 11.9. The Morgan fingerprint density at radius 1 is 1.32 bits per heavy atom. The molecule has 2 aromatic rings. The lowest BCUT2D eigenvalue weighted by molar-refractivity contribution is 0.988. The van der Waals surface area contributed by atoms with Gasteiger partial charge in [0, 0.05) is 29.3 Å². The van der Waals surface area contributed by atoms with Gasteiger partial charge in [-0.2, -0.15) is 11.8 Å². The van der Waals surface area contributed by atoms with Gasteiger partial charge in [-0.25, -0.2) is 4.98 Å². The molecule has 0 spiro atoms. The highest BCUT2D eigenvalue weighted by atomic mass is 35.5. The summed E-state index contributed by atoms with van der Waals surface area (Å²) < 4.78 is 0. The minimum Gasteiger partial charge on any atom is -0.362 e. The number of nitrogens with zero attached hydrogens (tertiary/aromatic N) is 1. The Hall–Kier alpha value is -1.30. The van der Waals surface area contributed by atoms with Crippen molar-refractivity contribution in [2.75, 3.05) is 17.6 Å². The molecule has 2 rings (SSSR count). The number of aryl methyl sites for hydroxylation is 1. The molecule has 3 nitrogen and oxygen atoms in total. The number of benzene rings is 1. The molecule has 0 saturated carbocycles. The van der Waals surface area contributed by atoms with Crippen molar-refractivity contribution in [3.63, 3.8) is 0 Å². The van der Waals surface area contributed by atoms with Crippen LogP contribution >= 0.6 is 35.6 Å². The number of hydrogen-bond acceptors (Lipinski definition) is 3. The maximum absolute atomic E-state index is 5.96. The van der Waals surface area contributed by atoms with Gasteiger partial charge in [-0.15, -0.1) is 0 Å². The van der Waals surface area contributed by atoms with Crippen molar-refractivity contribution in [1.29, 1.82) is 0 Å². The Bertz CT molecular complexity index is 617. The molecule has 0 aliphatic rings.